The summed E-state index contributed by atoms with van der Waals surface area (Å²) in [5, 5.41) is 6.42. The van der Waals surface area contributed by atoms with Crippen molar-refractivity contribution in [3.8, 4) is 0 Å². The van der Waals surface area contributed by atoms with Gasteiger partial charge in [0.15, 0.2) is 0 Å². The first kappa shape index (κ1) is 21.7. The molecule has 0 saturated carbocycles. The van der Waals surface area contributed by atoms with E-state index in [1.165, 1.54) is 12.1 Å². The van der Waals surface area contributed by atoms with Crippen molar-refractivity contribution in [2.75, 3.05) is 4.90 Å². The van der Waals surface area contributed by atoms with E-state index < -0.39 is 5.54 Å². The predicted molar refractivity (Wildman–Crippen MR) is 129 cm³/mol. The van der Waals surface area contributed by atoms with E-state index in [9.17, 15) is 14.0 Å². The first-order valence-corrected chi connectivity index (χ1v) is 11.7. The number of benzene rings is 2. The minimum atomic E-state index is -1.21. The number of anilines is 1. The molecule has 0 radical (unpaired) electrons. The van der Waals surface area contributed by atoms with Gasteiger partial charge in [-0.05, 0) is 66.8 Å². The van der Waals surface area contributed by atoms with Gasteiger partial charge in [-0.25, -0.2) is 4.39 Å². The molecule has 2 amide bonds. The average molecular weight is 482 g/mol. The van der Waals surface area contributed by atoms with Crippen molar-refractivity contribution in [2.45, 2.75) is 32.5 Å². The largest absolute Gasteiger partial charge is 0.350 e. The Kier molecular flexibility index (Phi) is 5.26. The molecule has 0 saturated heterocycles. The van der Waals surface area contributed by atoms with Gasteiger partial charge in [-0.2, -0.15) is 0 Å². The first-order chi connectivity index (χ1) is 15.8. The fraction of sp³-hybridized carbons (Fsp3) is 0.200. The van der Waals surface area contributed by atoms with Crippen LogP contribution in [0.5, 0.6) is 0 Å². The number of thiophene rings is 1. The number of nitrogens with one attached hydrogen (secondary N) is 1. The molecule has 0 aliphatic carbocycles. The maximum atomic E-state index is 13.8. The Morgan fingerprint density at radius 2 is 1.97 bits per heavy atom. The third-order valence-corrected chi connectivity index (χ3v) is 7.58. The van der Waals surface area contributed by atoms with Gasteiger partial charge in [-0.3, -0.25) is 14.5 Å². The summed E-state index contributed by atoms with van der Waals surface area (Å²) in [6.07, 6.45) is 0. The summed E-state index contributed by atoms with van der Waals surface area (Å²) in [7, 11) is 0. The molecule has 1 N–H and O–H groups in total. The normalized spacial score (nSPS) is 17.9. The molecule has 0 spiro atoms. The number of carbonyl (C=O) groups is 2. The van der Waals surface area contributed by atoms with Gasteiger partial charge in [0.1, 0.15) is 21.9 Å². The monoisotopic (exact) mass is 481 g/mol. The number of hydrogen-bond donors (Lipinski definition) is 1. The van der Waals surface area contributed by atoms with Crippen LogP contribution in [0.1, 0.15) is 28.5 Å². The zero-order valence-corrected chi connectivity index (χ0v) is 19.6. The minimum absolute atomic E-state index is 0.220. The van der Waals surface area contributed by atoms with Crippen molar-refractivity contribution >= 4 is 50.7 Å². The van der Waals surface area contributed by atoms with Crippen molar-refractivity contribution in [1.82, 2.24) is 9.88 Å². The number of rotatable bonds is 4. The molecule has 1 aliphatic heterocycles. The van der Waals surface area contributed by atoms with E-state index in [2.05, 4.69) is 5.32 Å². The summed E-state index contributed by atoms with van der Waals surface area (Å²) in [6, 6.07) is 15.2. The lowest BCUT2D eigenvalue weighted by Gasteiger charge is -2.44. The Balaban J connectivity index is 1.58. The summed E-state index contributed by atoms with van der Waals surface area (Å²) < 4.78 is 15.2. The van der Waals surface area contributed by atoms with E-state index in [0.717, 1.165) is 21.3 Å². The second-order valence-corrected chi connectivity index (χ2v) is 9.71. The molecule has 0 bridgehead atoms. The van der Waals surface area contributed by atoms with Crippen molar-refractivity contribution in [3.05, 3.63) is 87.6 Å². The third-order valence-electron chi connectivity index (χ3n) is 6.22. The van der Waals surface area contributed by atoms with Gasteiger partial charge in [-0.15, -0.1) is 11.3 Å². The van der Waals surface area contributed by atoms with E-state index in [0.29, 0.717) is 22.9 Å². The lowest BCUT2D eigenvalue weighted by molar-refractivity contribution is -0.126. The van der Waals surface area contributed by atoms with E-state index in [1.807, 2.05) is 35.1 Å². The van der Waals surface area contributed by atoms with Crippen molar-refractivity contribution < 1.29 is 14.0 Å². The van der Waals surface area contributed by atoms with E-state index in [1.54, 1.807) is 47.4 Å². The topological polar surface area (TPSA) is 54.3 Å². The fourth-order valence-electron chi connectivity index (χ4n) is 4.39. The highest BCUT2D eigenvalue weighted by Crippen LogP contribution is 2.39. The second-order valence-electron chi connectivity index (χ2n) is 8.40. The van der Waals surface area contributed by atoms with Crippen LogP contribution in [0.15, 0.2) is 60.0 Å². The van der Waals surface area contributed by atoms with Gasteiger partial charge in [0.2, 0.25) is 5.91 Å². The zero-order valence-electron chi connectivity index (χ0n) is 18.1. The van der Waals surface area contributed by atoms with Crippen LogP contribution in [-0.4, -0.2) is 21.9 Å². The predicted octanol–water partition coefficient (Wildman–Crippen LogP) is 5.54. The number of amides is 2. The van der Waals surface area contributed by atoms with E-state index in [4.69, 9.17) is 11.6 Å². The van der Waals surface area contributed by atoms with E-state index in [-0.39, 0.29) is 24.2 Å². The second kappa shape index (κ2) is 8.01. The number of hydrogen-bond acceptors (Lipinski definition) is 3. The van der Waals surface area contributed by atoms with Crippen LogP contribution in [0.2, 0.25) is 5.02 Å². The summed E-state index contributed by atoms with van der Waals surface area (Å²) >= 11 is 7.92. The van der Waals surface area contributed by atoms with Crippen molar-refractivity contribution in [1.29, 1.82) is 0 Å². The van der Waals surface area contributed by atoms with Gasteiger partial charge in [0.25, 0.3) is 5.91 Å². The smallest absolute Gasteiger partial charge is 0.275 e. The number of nitrogens with zero attached hydrogens (tertiary/aromatic N) is 2. The third kappa shape index (κ3) is 3.52. The molecule has 33 heavy (non-hydrogen) atoms. The molecule has 3 heterocycles. The molecular weight excluding hydrogens is 461 g/mol. The maximum absolute atomic E-state index is 13.8. The van der Waals surface area contributed by atoms with Gasteiger partial charge in [0, 0.05) is 22.6 Å². The van der Waals surface area contributed by atoms with Crippen LogP contribution in [0.25, 0.3) is 10.2 Å². The summed E-state index contributed by atoms with van der Waals surface area (Å²) in [4.78, 5) is 30.0. The average Bonchev–Trinajstić information content (AvgIpc) is 3.38. The number of halogens is 2. The summed E-state index contributed by atoms with van der Waals surface area (Å²) in [5.74, 6) is -0.893. The number of carbonyl (C=O) groups excluding carboxylic acids is 2. The van der Waals surface area contributed by atoms with Gasteiger partial charge >= 0.3 is 0 Å². The highest BCUT2D eigenvalue weighted by Gasteiger charge is 2.49. The number of aromatic nitrogens is 1. The van der Waals surface area contributed by atoms with Crippen molar-refractivity contribution in [2.24, 2.45) is 0 Å². The molecule has 0 fully saturated rings. The van der Waals surface area contributed by atoms with Crippen LogP contribution in [0.3, 0.4) is 0 Å². The van der Waals surface area contributed by atoms with Crippen LogP contribution in [0.4, 0.5) is 10.1 Å². The molecule has 168 valence electrons. The van der Waals surface area contributed by atoms with Crippen LogP contribution < -0.4 is 10.2 Å². The summed E-state index contributed by atoms with van der Waals surface area (Å²) in [6.45, 7) is 4.12. The summed E-state index contributed by atoms with van der Waals surface area (Å²) in [5.41, 5.74) is 1.42. The molecule has 8 heteroatoms. The number of fused-ring (bicyclic) bond motifs is 3. The quantitative estimate of drug-likeness (QED) is 0.416. The van der Waals surface area contributed by atoms with Crippen LogP contribution >= 0.6 is 22.9 Å². The fourth-order valence-corrected chi connectivity index (χ4v) is 5.45. The molecule has 1 aliphatic rings. The Labute approximate surface area is 199 Å². The Morgan fingerprint density at radius 3 is 2.73 bits per heavy atom. The van der Waals surface area contributed by atoms with Crippen molar-refractivity contribution in [3.63, 3.8) is 0 Å². The van der Waals surface area contributed by atoms with Gasteiger partial charge < -0.3 is 9.88 Å². The van der Waals surface area contributed by atoms with Crippen LogP contribution in [0, 0.1) is 12.7 Å². The minimum Gasteiger partial charge on any atom is -0.350 e. The highest BCUT2D eigenvalue weighted by atomic mass is 35.5. The highest BCUT2D eigenvalue weighted by molar-refractivity contribution is 7.16. The van der Waals surface area contributed by atoms with Crippen LogP contribution in [-0.2, 0) is 17.9 Å². The zero-order chi connectivity index (χ0) is 23.3. The lowest BCUT2D eigenvalue weighted by atomic mass is 9.93. The SMILES string of the molecule is Cc1c(Cl)cccc1N1C(=O)c2cc3ccsc3n2C[C@@]1(C)C(=O)NCc1ccc(F)cc1. The lowest BCUT2D eigenvalue weighted by Crippen LogP contribution is -2.64. The molecule has 5 rings (SSSR count). The molecule has 4 aromatic rings. The molecule has 0 unspecified atom stereocenters. The van der Waals surface area contributed by atoms with E-state index >= 15 is 0 Å². The first-order valence-electron chi connectivity index (χ1n) is 10.5. The molecule has 5 nitrogen and oxygen atoms in total. The Hall–Kier alpha value is -3.16. The van der Waals surface area contributed by atoms with Gasteiger partial charge in [-0.1, -0.05) is 29.8 Å². The standard InChI is InChI=1S/C25H21ClFN3O2S/c1-15-19(26)4-3-5-20(15)30-22(31)21-12-17-10-11-33-23(17)29(21)14-25(30,2)24(32)28-13-16-6-8-18(27)9-7-16/h3-12H,13-14H2,1-2H3,(H,28,32)/t25-/m0/s1. The maximum Gasteiger partial charge on any atom is 0.275 e. The molecule has 2 aromatic heterocycles. The Morgan fingerprint density at radius 1 is 1.21 bits per heavy atom. The molecule has 1 atom stereocenters. The molecular formula is C25H21ClFN3O2S. The molecule has 2 aromatic carbocycles. The van der Waals surface area contributed by atoms with Gasteiger partial charge in [0.05, 0.1) is 6.54 Å². The Bertz CT molecular complexity index is 1390.